The van der Waals surface area contributed by atoms with Gasteiger partial charge in [-0.25, -0.2) is 0 Å². The van der Waals surface area contributed by atoms with Gasteiger partial charge in [0.25, 0.3) is 0 Å². The second-order valence-electron chi connectivity index (χ2n) is 10.8. The molecule has 5 aromatic rings. The van der Waals surface area contributed by atoms with Gasteiger partial charge in [0.15, 0.2) is 23.0 Å². The van der Waals surface area contributed by atoms with Gasteiger partial charge < -0.3 is 18.9 Å². The van der Waals surface area contributed by atoms with E-state index in [9.17, 15) is 0 Å². The number of hydrogen-bond donors (Lipinski definition) is 0. The maximum atomic E-state index is 6.02. The number of ether oxygens (including phenoxy) is 4. The van der Waals surface area contributed by atoms with Crippen LogP contribution >= 0.6 is 0 Å². The van der Waals surface area contributed by atoms with E-state index in [1.807, 2.05) is 12.1 Å². The Morgan fingerprint density at radius 3 is 1.95 bits per heavy atom. The Balaban J connectivity index is 1.63. The summed E-state index contributed by atoms with van der Waals surface area (Å²) in [6.45, 7) is 2.31. The molecule has 0 saturated heterocycles. The van der Waals surface area contributed by atoms with Crippen LogP contribution in [0.2, 0.25) is 0 Å². The van der Waals surface area contributed by atoms with Gasteiger partial charge in [-0.3, -0.25) is 0 Å². The highest BCUT2D eigenvalue weighted by Gasteiger charge is 2.24. The highest BCUT2D eigenvalue weighted by Crippen LogP contribution is 2.49. The van der Waals surface area contributed by atoms with Gasteiger partial charge in [0.05, 0.1) is 28.4 Å². The van der Waals surface area contributed by atoms with E-state index >= 15 is 0 Å². The Hall–Kier alpha value is -4.70. The van der Waals surface area contributed by atoms with Crippen molar-refractivity contribution in [2.45, 2.75) is 19.8 Å². The predicted octanol–water partition coefficient (Wildman–Crippen LogP) is 9.47. The second kappa shape index (κ2) is 11.7. The number of methoxy groups -OCH3 is 4. The lowest BCUT2D eigenvalue weighted by Crippen LogP contribution is -2.03. The maximum absolute atomic E-state index is 6.02. The Morgan fingerprint density at radius 1 is 0.595 bits per heavy atom. The van der Waals surface area contributed by atoms with Gasteiger partial charge in [0, 0.05) is 11.1 Å². The topological polar surface area (TPSA) is 36.9 Å². The van der Waals surface area contributed by atoms with Crippen molar-refractivity contribution in [1.82, 2.24) is 0 Å². The molecular formula is C38H36O4. The zero-order chi connectivity index (χ0) is 29.2. The maximum Gasteiger partial charge on any atom is 0.169 e. The fourth-order valence-electron chi connectivity index (χ4n) is 6.26. The predicted molar refractivity (Wildman–Crippen MR) is 173 cm³/mol. The first kappa shape index (κ1) is 27.5. The Bertz CT molecular complexity index is 1770. The van der Waals surface area contributed by atoms with E-state index in [2.05, 4.69) is 91.9 Å². The molecule has 5 aromatic carbocycles. The summed E-state index contributed by atoms with van der Waals surface area (Å²) < 4.78 is 23.5. The van der Waals surface area contributed by atoms with Gasteiger partial charge in [-0.05, 0) is 81.1 Å². The van der Waals surface area contributed by atoms with E-state index in [1.54, 1.807) is 28.4 Å². The molecule has 0 fully saturated rings. The van der Waals surface area contributed by atoms with Gasteiger partial charge in [-0.15, -0.1) is 0 Å². The summed E-state index contributed by atoms with van der Waals surface area (Å²) in [5, 5.41) is 2.31. The summed E-state index contributed by atoms with van der Waals surface area (Å²) in [6, 6.07) is 29.9. The van der Waals surface area contributed by atoms with Crippen LogP contribution in [-0.2, 0) is 6.42 Å². The molecule has 0 heterocycles. The van der Waals surface area contributed by atoms with E-state index in [-0.39, 0.29) is 0 Å². The fourth-order valence-corrected chi connectivity index (χ4v) is 6.26. The van der Waals surface area contributed by atoms with Crippen molar-refractivity contribution in [2.24, 2.45) is 5.92 Å². The molecule has 1 unspecified atom stereocenters. The van der Waals surface area contributed by atoms with Crippen molar-refractivity contribution in [2.75, 3.05) is 28.4 Å². The molecule has 1 aliphatic carbocycles. The van der Waals surface area contributed by atoms with E-state index in [4.69, 9.17) is 18.9 Å². The molecule has 0 spiro atoms. The summed E-state index contributed by atoms with van der Waals surface area (Å²) in [4.78, 5) is 0. The molecule has 0 amide bonds. The highest BCUT2D eigenvalue weighted by atomic mass is 16.5. The summed E-state index contributed by atoms with van der Waals surface area (Å²) in [7, 11) is 6.81. The molecule has 0 saturated carbocycles. The number of fused-ring (bicyclic) bond motifs is 5. The molecule has 212 valence electrons. The summed E-state index contributed by atoms with van der Waals surface area (Å²) in [5.41, 5.74) is 9.12. The van der Waals surface area contributed by atoms with Crippen LogP contribution in [0, 0.1) is 5.92 Å². The lowest BCUT2D eigenvalue weighted by Gasteiger charge is -2.22. The lowest BCUT2D eigenvalue weighted by molar-refractivity contribution is 0.354. The highest BCUT2D eigenvalue weighted by molar-refractivity contribution is 6.06. The molecular weight excluding hydrogens is 520 g/mol. The van der Waals surface area contributed by atoms with Gasteiger partial charge in [-0.2, -0.15) is 0 Å². The van der Waals surface area contributed by atoms with Crippen molar-refractivity contribution in [3.63, 3.8) is 0 Å². The Kier molecular flexibility index (Phi) is 7.62. The van der Waals surface area contributed by atoms with Crippen molar-refractivity contribution < 1.29 is 18.9 Å². The summed E-state index contributed by atoms with van der Waals surface area (Å²) >= 11 is 0. The minimum atomic E-state index is 0.439. The van der Waals surface area contributed by atoms with E-state index in [1.165, 1.54) is 27.6 Å². The van der Waals surface area contributed by atoms with Crippen LogP contribution in [0.3, 0.4) is 0 Å². The molecule has 0 bridgehead atoms. The fraction of sp³-hybridized carbons (Fsp3) is 0.211. The van der Waals surface area contributed by atoms with Gasteiger partial charge in [-0.1, -0.05) is 85.8 Å². The number of allylic oxidation sites excluding steroid dienone is 1. The Morgan fingerprint density at radius 2 is 1.26 bits per heavy atom. The van der Waals surface area contributed by atoms with Crippen LogP contribution in [0.25, 0.3) is 50.2 Å². The number of rotatable bonds is 6. The molecule has 4 heteroatoms. The van der Waals surface area contributed by atoms with Crippen molar-refractivity contribution in [3.05, 3.63) is 102 Å². The monoisotopic (exact) mass is 556 g/mol. The van der Waals surface area contributed by atoms with Crippen LogP contribution in [0.15, 0.2) is 91.0 Å². The number of hydrogen-bond acceptors (Lipinski definition) is 4. The van der Waals surface area contributed by atoms with Crippen LogP contribution in [0.5, 0.6) is 23.0 Å². The summed E-state index contributed by atoms with van der Waals surface area (Å²) in [5.74, 6) is 3.37. The van der Waals surface area contributed by atoms with Crippen LogP contribution in [0.4, 0.5) is 0 Å². The van der Waals surface area contributed by atoms with Crippen molar-refractivity contribution in [3.8, 4) is 56.4 Å². The minimum absolute atomic E-state index is 0.439. The standard InChI is InChI=1S/C38H36O4/c1-24-10-9-13-31-28(20-21-34(39-2)37(31)41-4)29-18-19-30-33(32(29)22-24)23-35(40-3)38(42-5)36(30)27-16-14-26(15-17-27)25-11-7-6-8-12-25/h6-9,11-21,23-24H,10,22H2,1-5H3. The normalized spacial score (nSPS) is 14.3. The van der Waals surface area contributed by atoms with E-state index < -0.39 is 0 Å². The Labute approximate surface area is 248 Å². The zero-order valence-electron chi connectivity index (χ0n) is 24.9. The molecule has 0 radical (unpaired) electrons. The van der Waals surface area contributed by atoms with Gasteiger partial charge >= 0.3 is 0 Å². The molecule has 42 heavy (non-hydrogen) atoms. The molecule has 0 aliphatic heterocycles. The van der Waals surface area contributed by atoms with E-state index in [0.29, 0.717) is 5.92 Å². The third-order valence-corrected chi connectivity index (χ3v) is 8.31. The third kappa shape index (κ3) is 4.77. The first-order chi connectivity index (χ1) is 20.6. The van der Waals surface area contributed by atoms with Gasteiger partial charge in [0.1, 0.15) is 0 Å². The molecule has 0 aromatic heterocycles. The van der Waals surface area contributed by atoms with E-state index in [0.717, 1.165) is 63.5 Å². The molecule has 1 atom stereocenters. The average Bonchev–Trinajstić information content (AvgIpc) is 3.10. The van der Waals surface area contributed by atoms with Gasteiger partial charge in [0.2, 0.25) is 0 Å². The lowest BCUT2D eigenvalue weighted by atomic mass is 9.85. The minimum Gasteiger partial charge on any atom is -0.493 e. The zero-order valence-corrected chi connectivity index (χ0v) is 24.9. The molecule has 6 rings (SSSR count). The largest absolute Gasteiger partial charge is 0.493 e. The van der Waals surface area contributed by atoms with Crippen LogP contribution in [0.1, 0.15) is 24.5 Å². The number of benzene rings is 5. The first-order valence-corrected chi connectivity index (χ1v) is 14.4. The third-order valence-electron chi connectivity index (χ3n) is 8.31. The summed E-state index contributed by atoms with van der Waals surface area (Å²) in [6.07, 6.45) is 6.31. The molecule has 4 nitrogen and oxygen atoms in total. The quantitative estimate of drug-likeness (QED) is 0.209. The van der Waals surface area contributed by atoms with Crippen LogP contribution < -0.4 is 18.9 Å². The van der Waals surface area contributed by atoms with Crippen molar-refractivity contribution >= 4 is 16.8 Å². The molecule has 0 N–H and O–H groups in total. The smallest absolute Gasteiger partial charge is 0.169 e. The first-order valence-electron chi connectivity index (χ1n) is 14.4. The average molecular weight is 557 g/mol. The SMILES string of the molecule is COc1ccc2c(c1OC)C=CCC(C)Cc1c-2ccc2c(-c3ccc(-c4ccccc4)cc3)c(OC)c(OC)cc12. The van der Waals surface area contributed by atoms with Crippen molar-refractivity contribution in [1.29, 1.82) is 0 Å². The second-order valence-corrected chi connectivity index (χ2v) is 10.8. The van der Waals surface area contributed by atoms with Crippen LogP contribution in [-0.4, -0.2) is 28.4 Å². The molecule has 1 aliphatic rings.